The molecule has 2 amide bonds. The molecule has 2 rings (SSSR count). The van der Waals surface area contributed by atoms with Crippen molar-refractivity contribution in [2.45, 2.75) is 0 Å². The van der Waals surface area contributed by atoms with Crippen LogP contribution in [0.4, 0.5) is 0 Å². The molecule has 0 aliphatic rings. The normalized spacial score (nSPS) is 10.4. The number of nitrogens with one attached hydrogen (secondary N) is 1. The molecule has 0 radical (unpaired) electrons. The zero-order valence-corrected chi connectivity index (χ0v) is 7.52. The third-order valence-electron chi connectivity index (χ3n) is 1.90. The zero-order valence-electron chi connectivity index (χ0n) is 7.52. The van der Waals surface area contributed by atoms with E-state index in [-0.39, 0.29) is 16.8 Å². The van der Waals surface area contributed by atoms with Crippen LogP contribution in [-0.2, 0) is 0 Å². The lowest BCUT2D eigenvalue weighted by Crippen LogP contribution is -2.15. The smallest absolute Gasteiger partial charge is 0.268 e. The number of H-pyrrole nitrogens is 1. The van der Waals surface area contributed by atoms with Crippen molar-refractivity contribution in [2.75, 3.05) is 0 Å². The summed E-state index contributed by atoms with van der Waals surface area (Å²) in [6.07, 6.45) is 2.61. The summed E-state index contributed by atoms with van der Waals surface area (Å²) in [5.74, 6) is -1.35. The number of hydrogen-bond donors (Lipinski definition) is 3. The van der Waals surface area contributed by atoms with Gasteiger partial charge in [0, 0.05) is 6.20 Å². The van der Waals surface area contributed by atoms with E-state index in [1.165, 1.54) is 12.4 Å². The topological polar surface area (TPSA) is 128 Å². The monoisotopic (exact) mass is 205 g/mol. The number of amides is 2. The largest absolute Gasteiger partial charge is 0.365 e. The molecule has 76 valence electrons. The fourth-order valence-electron chi connectivity index (χ4n) is 1.20. The van der Waals surface area contributed by atoms with E-state index in [9.17, 15) is 9.59 Å². The fraction of sp³-hybridized carbons (Fsp3) is 0. The van der Waals surface area contributed by atoms with Crippen LogP contribution in [0.1, 0.15) is 20.8 Å². The van der Waals surface area contributed by atoms with Gasteiger partial charge in [-0.2, -0.15) is 0 Å². The number of rotatable bonds is 2. The minimum absolute atomic E-state index is 0.00963. The Morgan fingerprint density at radius 3 is 2.60 bits per heavy atom. The van der Waals surface area contributed by atoms with Crippen LogP contribution in [0.3, 0.4) is 0 Å². The van der Waals surface area contributed by atoms with Crippen molar-refractivity contribution < 1.29 is 9.59 Å². The van der Waals surface area contributed by atoms with Crippen LogP contribution in [0, 0.1) is 0 Å². The van der Waals surface area contributed by atoms with Crippen molar-refractivity contribution in [3.05, 3.63) is 23.7 Å². The first-order valence-electron chi connectivity index (χ1n) is 4.03. The minimum atomic E-state index is -0.707. The summed E-state index contributed by atoms with van der Waals surface area (Å²) in [7, 11) is 0. The van der Waals surface area contributed by atoms with Gasteiger partial charge in [-0.1, -0.05) is 0 Å². The van der Waals surface area contributed by atoms with Gasteiger partial charge in [0.25, 0.3) is 11.8 Å². The van der Waals surface area contributed by atoms with Gasteiger partial charge in [0.1, 0.15) is 11.2 Å². The van der Waals surface area contributed by atoms with Crippen molar-refractivity contribution in [3.63, 3.8) is 0 Å². The number of nitrogens with two attached hydrogens (primary N) is 2. The van der Waals surface area contributed by atoms with Crippen LogP contribution >= 0.6 is 0 Å². The number of nitrogens with zero attached hydrogens (tertiary/aromatic N) is 2. The Balaban J connectivity index is 2.72. The molecule has 2 aromatic rings. The van der Waals surface area contributed by atoms with Gasteiger partial charge >= 0.3 is 0 Å². The van der Waals surface area contributed by atoms with Crippen LogP contribution in [0.15, 0.2) is 12.4 Å². The second kappa shape index (κ2) is 3.05. The number of primary amides is 2. The first-order valence-corrected chi connectivity index (χ1v) is 4.03. The number of hydrogen-bond acceptors (Lipinski definition) is 4. The molecule has 0 aliphatic carbocycles. The van der Waals surface area contributed by atoms with E-state index in [4.69, 9.17) is 11.5 Å². The van der Waals surface area contributed by atoms with E-state index in [1.807, 2.05) is 0 Å². The minimum Gasteiger partial charge on any atom is -0.365 e. The van der Waals surface area contributed by atoms with Crippen molar-refractivity contribution in [3.8, 4) is 0 Å². The van der Waals surface area contributed by atoms with Crippen LogP contribution in [0.25, 0.3) is 11.2 Å². The third kappa shape index (κ3) is 1.39. The Hall–Kier alpha value is -2.44. The quantitative estimate of drug-likeness (QED) is 0.590. The summed E-state index contributed by atoms with van der Waals surface area (Å²) in [4.78, 5) is 32.3. The van der Waals surface area contributed by atoms with Crippen LogP contribution in [0.2, 0.25) is 0 Å². The fourth-order valence-corrected chi connectivity index (χ4v) is 1.20. The molecule has 0 saturated heterocycles. The molecule has 0 atom stereocenters. The van der Waals surface area contributed by atoms with E-state index in [0.717, 1.165) is 0 Å². The second-order valence-electron chi connectivity index (χ2n) is 2.88. The molecule has 7 nitrogen and oxygen atoms in total. The highest BCUT2D eigenvalue weighted by atomic mass is 16.1. The van der Waals surface area contributed by atoms with Crippen molar-refractivity contribution in [2.24, 2.45) is 11.5 Å². The maximum absolute atomic E-state index is 11.0. The molecule has 0 aromatic carbocycles. The Kier molecular flexibility index (Phi) is 1.86. The van der Waals surface area contributed by atoms with Gasteiger partial charge in [0.15, 0.2) is 5.65 Å². The molecule has 0 saturated carbocycles. The number of aromatic amines is 1. The first kappa shape index (κ1) is 9.13. The summed E-state index contributed by atoms with van der Waals surface area (Å²) in [5.41, 5.74) is 10.9. The van der Waals surface area contributed by atoms with Crippen LogP contribution in [0.5, 0.6) is 0 Å². The number of aromatic nitrogens is 3. The Bertz CT molecular complexity index is 559. The molecule has 15 heavy (non-hydrogen) atoms. The maximum atomic E-state index is 11.0. The molecule has 2 heterocycles. The van der Waals surface area contributed by atoms with Gasteiger partial charge in [0.2, 0.25) is 0 Å². The molecular formula is C8H7N5O2. The van der Waals surface area contributed by atoms with E-state index < -0.39 is 11.8 Å². The summed E-state index contributed by atoms with van der Waals surface area (Å²) in [6, 6.07) is 0. The molecule has 0 bridgehead atoms. The number of fused-ring (bicyclic) bond motifs is 1. The average molecular weight is 205 g/mol. The van der Waals surface area contributed by atoms with Crippen molar-refractivity contribution in [1.29, 1.82) is 0 Å². The van der Waals surface area contributed by atoms with Crippen molar-refractivity contribution >= 4 is 23.0 Å². The number of carbonyl (C=O) groups is 2. The zero-order chi connectivity index (χ0) is 11.0. The highest BCUT2D eigenvalue weighted by Crippen LogP contribution is 2.13. The summed E-state index contributed by atoms with van der Waals surface area (Å²) in [6.45, 7) is 0. The maximum Gasteiger partial charge on any atom is 0.268 e. The third-order valence-corrected chi connectivity index (χ3v) is 1.90. The lowest BCUT2D eigenvalue weighted by molar-refractivity contribution is 0.0987. The summed E-state index contributed by atoms with van der Waals surface area (Å²) in [5, 5.41) is 0. The van der Waals surface area contributed by atoms with Crippen LogP contribution in [-0.4, -0.2) is 26.8 Å². The standard InChI is InChI=1S/C8H7N5O2/c9-6(14)3-1-11-8-5(3)13-4(2-12-8)7(10)15/h1-2H,(H2,9,14)(H2,10,15)(H,11,12). The summed E-state index contributed by atoms with van der Waals surface area (Å²) < 4.78 is 0. The van der Waals surface area contributed by atoms with Gasteiger partial charge in [-0.05, 0) is 0 Å². The molecule has 0 fully saturated rings. The van der Waals surface area contributed by atoms with Crippen LogP contribution < -0.4 is 11.5 Å². The van der Waals surface area contributed by atoms with Gasteiger partial charge in [-0.15, -0.1) is 0 Å². The predicted octanol–water partition coefficient (Wildman–Crippen LogP) is -0.844. The Morgan fingerprint density at radius 1 is 1.27 bits per heavy atom. The molecular weight excluding hydrogens is 198 g/mol. The van der Waals surface area contributed by atoms with Gasteiger partial charge in [-0.25, -0.2) is 9.97 Å². The average Bonchev–Trinajstić information content (AvgIpc) is 2.59. The molecule has 5 N–H and O–H groups in total. The molecule has 0 aliphatic heterocycles. The van der Waals surface area contributed by atoms with E-state index in [1.54, 1.807) is 0 Å². The SMILES string of the molecule is NC(=O)c1cnc2[nH]cc(C(N)=O)c2n1. The molecule has 0 spiro atoms. The molecule has 0 unspecified atom stereocenters. The highest BCUT2D eigenvalue weighted by molar-refractivity contribution is 6.04. The van der Waals surface area contributed by atoms with Gasteiger partial charge < -0.3 is 16.5 Å². The lowest BCUT2D eigenvalue weighted by Gasteiger charge is -1.95. The highest BCUT2D eigenvalue weighted by Gasteiger charge is 2.13. The second-order valence-corrected chi connectivity index (χ2v) is 2.88. The molecule has 7 heteroatoms. The predicted molar refractivity (Wildman–Crippen MR) is 50.9 cm³/mol. The van der Waals surface area contributed by atoms with Gasteiger partial charge in [0.05, 0.1) is 11.8 Å². The molecule has 2 aromatic heterocycles. The first-order chi connectivity index (χ1) is 7.09. The summed E-state index contributed by atoms with van der Waals surface area (Å²) >= 11 is 0. The van der Waals surface area contributed by atoms with Crippen molar-refractivity contribution in [1.82, 2.24) is 15.0 Å². The number of carbonyl (C=O) groups excluding carboxylic acids is 2. The van der Waals surface area contributed by atoms with E-state index >= 15 is 0 Å². The van der Waals surface area contributed by atoms with Gasteiger partial charge in [-0.3, -0.25) is 9.59 Å². The lowest BCUT2D eigenvalue weighted by atomic mass is 10.3. The Labute approximate surface area is 83.5 Å². The van der Waals surface area contributed by atoms with E-state index in [2.05, 4.69) is 15.0 Å². The Morgan fingerprint density at radius 2 is 2.00 bits per heavy atom. The van der Waals surface area contributed by atoms with E-state index in [0.29, 0.717) is 5.65 Å².